The van der Waals surface area contributed by atoms with Gasteiger partial charge in [-0.15, -0.1) is 0 Å². The maximum Gasteiger partial charge on any atom is 0.308 e. The van der Waals surface area contributed by atoms with Crippen LogP contribution >= 0.6 is 0 Å². The SMILES string of the molecule is CC(=O)Oc1ccc(Oc2ccc(CCCCc3ccccc3)cc2)cc1. The number of esters is 1. The van der Waals surface area contributed by atoms with Crippen molar-refractivity contribution in [3.63, 3.8) is 0 Å². The van der Waals surface area contributed by atoms with Crippen LogP contribution in [0.15, 0.2) is 78.9 Å². The van der Waals surface area contributed by atoms with Crippen molar-refractivity contribution < 1.29 is 14.3 Å². The van der Waals surface area contributed by atoms with Crippen LogP contribution in [0.25, 0.3) is 0 Å². The van der Waals surface area contributed by atoms with E-state index in [0.717, 1.165) is 18.6 Å². The summed E-state index contributed by atoms with van der Waals surface area (Å²) in [6.07, 6.45) is 4.57. The minimum Gasteiger partial charge on any atom is -0.457 e. The van der Waals surface area contributed by atoms with E-state index in [1.165, 1.54) is 30.9 Å². The molecule has 0 atom stereocenters. The van der Waals surface area contributed by atoms with E-state index in [1.807, 2.05) is 12.1 Å². The Bertz CT molecular complexity index is 837. The van der Waals surface area contributed by atoms with Gasteiger partial charge in [0, 0.05) is 6.92 Å². The summed E-state index contributed by atoms with van der Waals surface area (Å²) in [4.78, 5) is 10.9. The zero-order chi connectivity index (χ0) is 18.9. The Morgan fingerprint density at radius 3 is 1.70 bits per heavy atom. The fourth-order valence-electron chi connectivity index (χ4n) is 2.90. The van der Waals surface area contributed by atoms with E-state index < -0.39 is 0 Å². The Morgan fingerprint density at radius 1 is 0.667 bits per heavy atom. The Labute approximate surface area is 160 Å². The normalized spacial score (nSPS) is 10.4. The van der Waals surface area contributed by atoms with Gasteiger partial charge in [0.2, 0.25) is 0 Å². The van der Waals surface area contributed by atoms with E-state index in [0.29, 0.717) is 11.5 Å². The van der Waals surface area contributed by atoms with Crippen molar-refractivity contribution in [2.24, 2.45) is 0 Å². The minimum atomic E-state index is -0.331. The summed E-state index contributed by atoms with van der Waals surface area (Å²) >= 11 is 0. The summed E-state index contributed by atoms with van der Waals surface area (Å²) in [5, 5.41) is 0. The average Bonchev–Trinajstić information content (AvgIpc) is 2.68. The second-order valence-electron chi connectivity index (χ2n) is 6.50. The molecule has 0 fully saturated rings. The first kappa shape index (κ1) is 18.7. The van der Waals surface area contributed by atoms with Crippen molar-refractivity contribution >= 4 is 5.97 Å². The third kappa shape index (κ3) is 6.30. The first-order valence-electron chi connectivity index (χ1n) is 9.28. The summed E-state index contributed by atoms with van der Waals surface area (Å²) in [5.74, 6) is 1.69. The van der Waals surface area contributed by atoms with Gasteiger partial charge in [0.15, 0.2) is 0 Å². The summed E-state index contributed by atoms with van der Waals surface area (Å²) in [6, 6.07) is 25.9. The Morgan fingerprint density at radius 2 is 1.15 bits per heavy atom. The highest BCUT2D eigenvalue weighted by atomic mass is 16.5. The molecule has 138 valence electrons. The van der Waals surface area contributed by atoms with E-state index in [-0.39, 0.29) is 5.97 Å². The summed E-state index contributed by atoms with van der Waals surface area (Å²) < 4.78 is 10.9. The smallest absolute Gasteiger partial charge is 0.308 e. The Kier molecular flexibility index (Phi) is 6.64. The number of ether oxygens (including phenoxy) is 2. The maximum atomic E-state index is 10.9. The quantitative estimate of drug-likeness (QED) is 0.282. The number of carbonyl (C=O) groups excluding carboxylic acids is 1. The molecule has 27 heavy (non-hydrogen) atoms. The second-order valence-corrected chi connectivity index (χ2v) is 6.50. The van der Waals surface area contributed by atoms with Gasteiger partial charge in [0.05, 0.1) is 0 Å². The van der Waals surface area contributed by atoms with E-state index in [9.17, 15) is 4.79 Å². The number of carbonyl (C=O) groups is 1. The van der Waals surface area contributed by atoms with Gasteiger partial charge in [0.1, 0.15) is 17.2 Å². The van der Waals surface area contributed by atoms with Crippen LogP contribution in [0.3, 0.4) is 0 Å². The molecule has 0 bridgehead atoms. The third-order valence-corrected chi connectivity index (χ3v) is 4.27. The van der Waals surface area contributed by atoms with Crippen LogP contribution in [0.4, 0.5) is 0 Å². The average molecular weight is 360 g/mol. The van der Waals surface area contributed by atoms with Gasteiger partial charge >= 0.3 is 5.97 Å². The number of aryl methyl sites for hydroxylation is 2. The van der Waals surface area contributed by atoms with Crippen molar-refractivity contribution in [3.8, 4) is 17.2 Å². The third-order valence-electron chi connectivity index (χ3n) is 4.27. The van der Waals surface area contributed by atoms with E-state index in [1.54, 1.807) is 24.3 Å². The number of hydrogen-bond acceptors (Lipinski definition) is 3. The number of benzene rings is 3. The van der Waals surface area contributed by atoms with Crippen molar-refractivity contribution in [2.45, 2.75) is 32.6 Å². The van der Waals surface area contributed by atoms with E-state index >= 15 is 0 Å². The first-order chi connectivity index (χ1) is 13.2. The van der Waals surface area contributed by atoms with E-state index in [2.05, 4.69) is 42.5 Å². The van der Waals surface area contributed by atoms with Crippen molar-refractivity contribution in [1.82, 2.24) is 0 Å². The highest BCUT2D eigenvalue weighted by molar-refractivity contribution is 5.69. The van der Waals surface area contributed by atoms with Crippen molar-refractivity contribution in [2.75, 3.05) is 0 Å². The molecule has 0 aliphatic carbocycles. The minimum absolute atomic E-state index is 0.331. The van der Waals surface area contributed by atoms with Gasteiger partial charge < -0.3 is 9.47 Å². The number of unbranched alkanes of at least 4 members (excludes halogenated alkanes) is 1. The predicted molar refractivity (Wildman–Crippen MR) is 107 cm³/mol. The molecule has 3 aromatic rings. The van der Waals surface area contributed by atoms with Crippen LogP contribution in [-0.4, -0.2) is 5.97 Å². The van der Waals surface area contributed by atoms with Crippen LogP contribution in [0, 0.1) is 0 Å². The standard InChI is InChI=1S/C24H24O3/c1-19(25)26-22-15-17-24(18-16-22)27-23-13-11-21(12-14-23)10-6-5-9-20-7-3-2-4-8-20/h2-4,7-8,11-18H,5-6,9-10H2,1H3. The first-order valence-corrected chi connectivity index (χ1v) is 9.28. The lowest BCUT2D eigenvalue weighted by Gasteiger charge is -2.08. The molecule has 0 aliphatic heterocycles. The maximum absolute atomic E-state index is 10.9. The molecular weight excluding hydrogens is 336 g/mol. The summed E-state index contributed by atoms with van der Waals surface area (Å²) in [7, 11) is 0. The largest absolute Gasteiger partial charge is 0.457 e. The predicted octanol–water partition coefficient (Wildman–Crippen LogP) is 5.97. The van der Waals surface area contributed by atoms with Gasteiger partial charge in [-0.05, 0) is 73.2 Å². The highest BCUT2D eigenvalue weighted by Gasteiger charge is 2.01. The van der Waals surface area contributed by atoms with E-state index in [4.69, 9.17) is 9.47 Å². The van der Waals surface area contributed by atoms with Crippen LogP contribution in [0.5, 0.6) is 17.2 Å². The molecular formula is C24H24O3. The van der Waals surface area contributed by atoms with Crippen LogP contribution in [-0.2, 0) is 17.6 Å². The molecule has 0 saturated carbocycles. The zero-order valence-corrected chi connectivity index (χ0v) is 15.6. The van der Waals surface area contributed by atoms with Crippen molar-refractivity contribution in [1.29, 1.82) is 0 Å². The van der Waals surface area contributed by atoms with Gasteiger partial charge in [-0.1, -0.05) is 42.5 Å². The van der Waals surface area contributed by atoms with Crippen LogP contribution in [0.2, 0.25) is 0 Å². The van der Waals surface area contributed by atoms with Gasteiger partial charge in [0.25, 0.3) is 0 Å². The lowest BCUT2D eigenvalue weighted by Crippen LogP contribution is -2.00. The number of rotatable bonds is 8. The molecule has 0 aromatic heterocycles. The Hall–Kier alpha value is -3.07. The molecule has 0 aliphatic rings. The molecule has 0 saturated heterocycles. The molecule has 0 amide bonds. The summed E-state index contributed by atoms with van der Waals surface area (Å²) in [6.45, 7) is 1.38. The molecule has 3 nitrogen and oxygen atoms in total. The second kappa shape index (κ2) is 9.58. The van der Waals surface area contributed by atoms with Crippen LogP contribution in [0.1, 0.15) is 30.9 Å². The lowest BCUT2D eigenvalue weighted by molar-refractivity contribution is -0.131. The molecule has 0 unspecified atom stereocenters. The Balaban J connectivity index is 1.45. The number of hydrogen-bond donors (Lipinski definition) is 0. The van der Waals surface area contributed by atoms with Crippen molar-refractivity contribution in [3.05, 3.63) is 90.0 Å². The molecule has 0 N–H and O–H groups in total. The molecule has 0 heterocycles. The highest BCUT2D eigenvalue weighted by Crippen LogP contribution is 2.24. The summed E-state index contributed by atoms with van der Waals surface area (Å²) in [5.41, 5.74) is 2.72. The molecule has 0 spiro atoms. The van der Waals surface area contributed by atoms with Crippen LogP contribution < -0.4 is 9.47 Å². The zero-order valence-electron chi connectivity index (χ0n) is 15.6. The van der Waals surface area contributed by atoms with Gasteiger partial charge in [-0.3, -0.25) is 4.79 Å². The molecule has 3 heteroatoms. The monoisotopic (exact) mass is 360 g/mol. The topological polar surface area (TPSA) is 35.5 Å². The van der Waals surface area contributed by atoms with Gasteiger partial charge in [-0.25, -0.2) is 0 Å². The fraction of sp³-hybridized carbons (Fsp3) is 0.208. The molecule has 0 radical (unpaired) electrons. The lowest BCUT2D eigenvalue weighted by atomic mass is 10.0. The fourth-order valence-corrected chi connectivity index (χ4v) is 2.90. The molecule has 3 rings (SSSR count). The van der Waals surface area contributed by atoms with Gasteiger partial charge in [-0.2, -0.15) is 0 Å². The molecule has 3 aromatic carbocycles.